The highest BCUT2D eigenvalue weighted by atomic mass is 19.1. The molecule has 9 heteroatoms. The summed E-state index contributed by atoms with van der Waals surface area (Å²) in [6.45, 7) is 2.30. The van der Waals surface area contributed by atoms with E-state index in [0.29, 0.717) is 17.6 Å². The lowest BCUT2D eigenvalue weighted by Crippen LogP contribution is -2.36. The lowest BCUT2D eigenvalue weighted by atomic mass is 10.1. The van der Waals surface area contributed by atoms with Crippen molar-refractivity contribution in [2.45, 2.75) is 25.4 Å². The van der Waals surface area contributed by atoms with E-state index in [4.69, 9.17) is 4.98 Å². The summed E-state index contributed by atoms with van der Waals surface area (Å²) in [5.74, 6) is -0.0403. The van der Waals surface area contributed by atoms with Crippen molar-refractivity contribution in [2.75, 3.05) is 25.5 Å². The van der Waals surface area contributed by atoms with Crippen LogP contribution >= 0.6 is 0 Å². The molecule has 2 aromatic heterocycles. The van der Waals surface area contributed by atoms with Crippen molar-refractivity contribution >= 4 is 5.82 Å². The summed E-state index contributed by atoms with van der Waals surface area (Å²) in [6.07, 6.45) is 3.86. The molecule has 0 amide bonds. The van der Waals surface area contributed by atoms with Crippen LogP contribution in [0.5, 0.6) is 0 Å². The highest BCUT2D eigenvalue weighted by molar-refractivity contribution is 5.59. The Morgan fingerprint density at radius 3 is 2.53 bits per heavy atom. The van der Waals surface area contributed by atoms with Crippen molar-refractivity contribution in [3.63, 3.8) is 0 Å². The number of piperidine rings is 1. The fraction of sp³-hybridized carbons (Fsp3) is 0.259. The Morgan fingerprint density at radius 2 is 1.75 bits per heavy atom. The molecule has 1 aliphatic heterocycles. The van der Waals surface area contributed by atoms with E-state index in [1.54, 1.807) is 6.20 Å². The van der Waals surface area contributed by atoms with E-state index in [1.807, 2.05) is 30.3 Å². The monoisotopic (exact) mass is 488 g/mol. The second-order valence-electron chi connectivity index (χ2n) is 9.06. The van der Waals surface area contributed by atoms with Gasteiger partial charge in [0.15, 0.2) is 5.82 Å². The van der Waals surface area contributed by atoms with Gasteiger partial charge < -0.3 is 10.2 Å². The maximum absolute atomic E-state index is 13.7. The maximum atomic E-state index is 13.7. The first kappa shape index (κ1) is 23.7. The molecule has 184 valence electrons. The molecular weight excluding hydrogens is 462 g/mol. The number of hydrogen-bond donors (Lipinski definition) is 1. The van der Waals surface area contributed by atoms with Crippen LogP contribution in [0.25, 0.3) is 22.6 Å². The Balaban J connectivity index is 1.36. The molecule has 0 aliphatic carbocycles. The van der Waals surface area contributed by atoms with E-state index in [1.165, 1.54) is 28.9 Å². The van der Waals surface area contributed by atoms with Gasteiger partial charge in [0, 0.05) is 35.5 Å². The molecule has 1 fully saturated rings. The first-order valence-electron chi connectivity index (χ1n) is 11.8. The first-order valence-corrected chi connectivity index (χ1v) is 11.8. The summed E-state index contributed by atoms with van der Waals surface area (Å²) in [7, 11) is 2.13. The average molecular weight is 489 g/mol. The fourth-order valence-electron chi connectivity index (χ4n) is 4.34. The van der Waals surface area contributed by atoms with Gasteiger partial charge in [-0.2, -0.15) is 5.10 Å². The van der Waals surface area contributed by atoms with Gasteiger partial charge in [0.25, 0.3) is 5.56 Å². The van der Waals surface area contributed by atoms with E-state index in [-0.39, 0.29) is 17.7 Å². The quantitative estimate of drug-likeness (QED) is 0.439. The number of hydrogen-bond acceptors (Lipinski definition) is 6. The van der Waals surface area contributed by atoms with Gasteiger partial charge >= 0.3 is 0 Å². The van der Waals surface area contributed by atoms with Crippen molar-refractivity contribution in [1.29, 1.82) is 0 Å². The number of likely N-dealkylation sites (tertiary alicyclic amines) is 1. The summed E-state index contributed by atoms with van der Waals surface area (Å²) in [4.78, 5) is 23.9. The number of aromatic nitrogens is 4. The smallest absolute Gasteiger partial charge is 0.267 e. The van der Waals surface area contributed by atoms with Crippen LogP contribution in [0.15, 0.2) is 71.7 Å². The average Bonchev–Trinajstić information content (AvgIpc) is 2.86. The summed E-state index contributed by atoms with van der Waals surface area (Å²) < 4.78 is 28.6. The molecule has 4 aromatic rings. The molecule has 7 nitrogen and oxygen atoms in total. The van der Waals surface area contributed by atoms with Crippen LogP contribution in [0.2, 0.25) is 0 Å². The van der Waals surface area contributed by atoms with E-state index in [0.717, 1.165) is 48.9 Å². The standard InChI is InChI=1S/C27H26F2N6O/c1-34-11-8-23(9-12-34)31-25-7-10-30-27(32-25)19-4-2-3-18(13-19)17-35-26(36)6-5-24(33-35)20-14-21(28)16-22(29)15-20/h2-7,10,13-16,23H,8-9,11-12,17H2,1H3,(H,30,31,32). The minimum absolute atomic E-state index is 0.186. The molecule has 0 spiro atoms. The van der Waals surface area contributed by atoms with Gasteiger partial charge in [0.05, 0.1) is 12.2 Å². The topological polar surface area (TPSA) is 75.9 Å². The summed E-state index contributed by atoms with van der Waals surface area (Å²) in [5, 5.41) is 7.85. The zero-order valence-electron chi connectivity index (χ0n) is 19.9. The van der Waals surface area contributed by atoms with Crippen molar-refractivity contribution in [1.82, 2.24) is 24.6 Å². The highest BCUT2D eigenvalue weighted by Gasteiger charge is 2.17. The number of nitrogens with one attached hydrogen (secondary N) is 1. The summed E-state index contributed by atoms with van der Waals surface area (Å²) >= 11 is 0. The highest BCUT2D eigenvalue weighted by Crippen LogP contribution is 2.21. The molecule has 3 heterocycles. The van der Waals surface area contributed by atoms with Gasteiger partial charge in [-0.25, -0.2) is 23.4 Å². The van der Waals surface area contributed by atoms with Crippen LogP contribution in [0.1, 0.15) is 18.4 Å². The Labute approximate surface area is 207 Å². The number of rotatable bonds is 6. The Morgan fingerprint density at radius 1 is 0.972 bits per heavy atom. The Bertz CT molecular complexity index is 1410. The predicted molar refractivity (Wildman–Crippen MR) is 135 cm³/mol. The maximum Gasteiger partial charge on any atom is 0.267 e. The van der Waals surface area contributed by atoms with Crippen LogP contribution < -0.4 is 10.9 Å². The number of anilines is 1. The van der Waals surface area contributed by atoms with Gasteiger partial charge in [-0.05, 0) is 68.9 Å². The number of halogens is 2. The van der Waals surface area contributed by atoms with Crippen LogP contribution in [0.3, 0.4) is 0 Å². The Hall–Kier alpha value is -3.98. The minimum Gasteiger partial charge on any atom is -0.367 e. The minimum atomic E-state index is -0.704. The lowest BCUT2D eigenvalue weighted by Gasteiger charge is -2.29. The third-order valence-electron chi connectivity index (χ3n) is 6.27. The van der Waals surface area contributed by atoms with Crippen LogP contribution in [-0.2, 0) is 6.54 Å². The van der Waals surface area contributed by atoms with Crippen LogP contribution in [-0.4, -0.2) is 50.8 Å². The van der Waals surface area contributed by atoms with Crippen LogP contribution in [0.4, 0.5) is 14.6 Å². The molecule has 0 radical (unpaired) electrons. The Kier molecular flexibility index (Phi) is 6.81. The predicted octanol–water partition coefficient (Wildman–Crippen LogP) is 4.20. The van der Waals surface area contributed by atoms with Crippen molar-refractivity contribution < 1.29 is 8.78 Å². The van der Waals surface area contributed by atoms with Gasteiger partial charge in [0.2, 0.25) is 0 Å². The van der Waals surface area contributed by atoms with Crippen molar-refractivity contribution in [3.05, 3.63) is 94.4 Å². The molecule has 1 N–H and O–H groups in total. The van der Waals surface area contributed by atoms with E-state index >= 15 is 0 Å². The molecule has 2 aromatic carbocycles. The van der Waals surface area contributed by atoms with Gasteiger partial charge in [0.1, 0.15) is 17.5 Å². The second kappa shape index (κ2) is 10.3. The van der Waals surface area contributed by atoms with Crippen molar-refractivity contribution in [2.24, 2.45) is 0 Å². The third kappa shape index (κ3) is 5.63. The van der Waals surface area contributed by atoms with Gasteiger partial charge in [-0.3, -0.25) is 4.79 Å². The summed E-state index contributed by atoms with van der Waals surface area (Å²) in [5.41, 5.74) is 1.89. The first-order chi connectivity index (χ1) is 17.4. The van der Waals surface area contributed by atoms with Crippen molar-refractivity contribution in [3.8, 4) is 22.6 Å². The molecule has 0 saturated carbocycles. The second-order valence-corrected chi connectivity index (χ2v) is 9.06. The molecule has 1 saturated heterocycles. The largest absolute Gasteiger partial charge is 0.367 e. The van der Waals surface area contributed by atoms with E-state index in [2.05, 4.69) is 27.3 Å². The third-order valence-corrected chi connectivity index (χ3v) is 6.27. The normalized spacial score (nSPS) is 14.6. The van der Waals surface area contributed by atoms with Crippen LogP contribution in [0, 0.1) is 11.6 Å². The van der Waals surface area contributed by atoms with Gasteiger partial charge in [-0.1, -0.05) is 18.2 Å². The molecule has 0 unspecified atom stereocenters. The van der Waals surface area contributed by atoms with E-state index < -0.39 is 11.6 Å². The molecule has 36 heavy (non-hydrogen) atoms. The zero-order chi connectivity index (χ0) is 25.1. The molecular formula is C27H26F2N6O. The molecule has 0 bridgehead atoms. The molecule has 5 rings (SSSR count). The number of nitrogens with zero attached hydrogens (tertiary/aromatic N) is 5. The SMILES string of the molecule is CN1CCC(Nc2ccnc(-c3cccc(Cn4nc(-c5cc(F)cc(F)c5)ccc4=O)c3)n2)CC1. The zero-order valence-corrected chi connectivity index (χ0v) is 19.9. The lowest BCUT2D eigenvalue weighted by molar-refractivity contribution is 0.263. The fourth-order valence-corrected chi connectivity index (χ4v) is 4.34. The van der Waals surface area contributed by atoms with Gasteiger partial charge in [-0.15, -0.1) is 0 Å². The molecule has 0 atom stereocenters. The van der Waals surface area contributed by atoms with E-state index in [9.17, 15) is 13.6 Å². The number of benzene rings is 2. The molecule has 1 aliphatic rings. The summed E-state index contributed by atoms with van der Waals surface area (Å²) in [6, 6.07) is 15.8.